The maximum Gasteiger partial charge on any atom is 0.120 e. The minimum absolute atomic E-state index is 0.372. The van der Waals surface area contributed by atoms with Gasteiger partial charge in [-0.1, -0.05) is 0 Å². The van der Waals surface area contributed by atoms with Gasteiger partial charge in [0.25, 0.3) is 0 Å². The van der Waals surface area contributed by atoms with Crippen molar-refractivity contribution in [2.45, 2.75) is 18.8 Å². The number of nitrogens with two attached hydrogens (primary N) is 1. The van der Waals surface area contributed by atoms with Crippen molar-refractivity contribution in [2.75, 3.05) is 18.9 Å². The van der Waals surface area contributed by atoms with Gasteiger partial charge in [0.15, 0.2) is 0 Å². The molecule has 2 rings (SSSR count). The summed E-state index contributed by atoms with van der Waals surface area (Å²) >= 11 is 3.42. The van der Waals surface area contributed by atoms with Gasteiger partial charge in [0, 0.05) is 18.8 Å². The zero-order valence-corrected chi connectivity index (χ0v) is 9.80. The summed E-state index contributed by atoms with van der Waals surface area (Å²) in [6.07, 6.45) is 1.90. The van der Waals surface area contributed by atoms with Crippen LogP contribution in [-0.4, -0.2) is 18.2 Å². The number of halogens is 1. The Bertz CT molecular complexity index is 402. The second-order valence-corrected chi connectivity index (χ2v) is 4.43. The average Bonchev–Trinajstić information content (AvgIpc) is 2.54. The molecule has 3 N–H and O–H groups in total. The van der Waals surface area contributed by atoms with E-state index >= 15 is 0 Å². The lowest BCUT2D eigenvalue weighted by atomic mass is 9.91. The van der Waals surface area contributed by atoms with Crippen LogP contribution in [0.4, 0.5) is 5.82 Å². The third-order valence-electron chi connectivity index (χ3n) is 2.76. The van der Waals surface area contributed by atoms with Crippen molar-refractivity contribution in [3.63, 3.8) is 0 Å². The van der Waals surface area contributed by atoms with Crippen molar-refractivity contribution in [1.29, 1.82) is 5.26 Å². The molecule has 0 saturated carbocycles. The second kappa shape index (κ2) is 4.25. The Morgan fingerprint density at radius 1 is 1.47 bits per heavy atom. The number of nitrogen functional groups attached to an aromatic ring is 1. The summed E-state index contributed by atoms with van der Waals surface area (Å²) in [5.74, 6) is 0.821. The highest BCUT2D eigenvalue weighted by molar-refractivity contribution is 9.10. The number of nitrogens with zero attached hydrogens (tertiary/aromatic N) is 1. The van der Waals surface area contributed by atoms with Crippen molar-refractivity contribution >= 4 is 21.7 Å². The maximum atomic E-state index is 9.04. The molecule has 1 aliphatic rings. The molecule has 0 aromatic carbocycles. The lowest BCUT2D eigenvalue weighted by Crippen LogP contribution is -2.14. The molecule has 0 atom stereocenters. The lowest BCUT2D eigenvalue weighted by Gasteiger charge is -2.22. The molecule has 1 aliphatic heterocycles. The predicted molar refractivity (Wildman–Crippen MR) is 60.4 cm³/mol. The molecule has 2 heterocycles. The van der Waals surface area contributed by atoms with E-state index in [0.717, 1.165) is 36.2 Å². The first-order valence-corrected chi connectivity index (χ1v) is 5.68. The largest absolute Gasteiger partial charge is 0.384 e. The van der Waals surface area contributed by atoms with Crippen molar-refractivity contribution in [2.24, 2.45) is 0 Å². The highest BCUT2D eigenvalue weighted by atomic mass is 79.9. The molecule has 1 aromatic rings. The number of hydrogen-bond donors (Lipinski definition) is 2. The van der Waals surface area contributed by atoms with Gasteiger partial charge in [0.05, 0.1) is 10.2 Å². The third kappa shape index (κ3) is 1.87. The van der Waals surface area contributed by atoms with Crippen LogP contribution in [0.15, 0.2) is 4.60 Å². The summed E-state index contributed by atoms with van der Waals surface area (Å²) in [5.41, 5.74) is 7.31. The number of nitriles is 1. The van der Waals surface area contributed by atoms with Crippen LogP contribution >= 0.6 is 15.9 Å². The number of rotatable bonds is 1. The average molecular weight is 270 g/mol. The molecule has 1 aromatic heterocycles. The van der Waals surface area contributed by atoms with Gasteiger partial charge in [0.2, 0.25) is 0 Å². The fraction of sp³-hybridized carbons (Fsp3) is 0.500. The molecule has 4 nitrogen and oxygen atoms in total. The fourth-order valence-electron chi connectivity index (χ4n) is 1.99. The number of nitrogens with one attached hydrogen (secondary N) is 1. The van der Waals surface area contributed by atoms with Gasteiger partial charge in [0.1, 0.15) is 11.9 Å². The lowest BCUT2D eigenvalue weighted by molar-refractivity contribution is 0.0852. The van der Waals surface area contributed by atoms with Crippen LogP contribution in [0.25, 0.3) is 0 Å². The second-order valence-electron chi connectivity index (χ2n) is 3.64. The van der Waals surface area contributed by atoms with E-state index in [4.69, 9.17) is 15.7 Å². The number of ether oxygens (including phenoxy) is 1. The van der Waals surface area contributed by atoms with Crippen molar-refractivity contribution in [3.05, 3.63) is 15.7 Å². The van der Waals surface area contributed by atoms with E-state index in [1.807, 2.05) is 0 Å². The van der Waals surface area contributed by atoms with Crippen molar-refractivity contribution in [1.82, 2.24) is 4.98 Å². The van der Waals surface area contributed by atoms with Gasteiger partial charge in [-0.3, -0.25) is 0 Å². The first-order chi connectivity index (χ1) is 7.24. The van der Waals surface area contributed by atoms with Crippen LogP contribution < -0.4 is 5.73 Å². The zero-order chi connectivity index (χ0) is 10.8. The summed E-state index contributed by atoms with van der Waals surface area (Å²) in [7, 11) is 0. The number of H-pyrrole nitrogens is 1. The maximum absolute atomic E-state index is 9.04. The van der Waals surface area contributed by atoms with Crippen LogP contribution in [0.5, 0.6) is 0 Å². The van der Waals surface area contributed by atoms with E-state index in [1.165, 1.54) is 0 Å². The van der Waals surface area contributed by atoms with Crippen LogP contribution in [0.3, 0.4) is 0 Å². The zero-order valence-electron chi connectivity index (χ0n) is 8.22. The summed E-state index contributed by atoms with van der Waals surface area (Å²) in [4.78, 5) is 2.96. The molecule has 0 aliphatic carbocycles. The number of aromatic amines is 1. The van der Waals surface area contributed by atoms with E-state index in [2.05, 4.69) is 27.0 Å². The molecular formula is C10H12BrN3O. The molecule has 0 radical (unpaired) electrons. The summed E-state index contributed by atoms with van der Waals surface area (Å²) in [6.45, 7) is 1.51. The Kier molecular flexibility index (Phi) is 2.98. The highest BCUT2D eigenvalue weighted by Gasteiger charge is 2.24. The molecule has 0 spiro atoms. The van der Waals surface area contributed by atoms with Crippen molar-refractivity contribution < 1.29 is 4.74 Å². The minimum Gasteiger partial charge on any atom is -0.384 e. The van der Waals surface area contributed by atoms with E-state index in [0.29, 0.717) is 17.3 Å². The van der Waals surface area contributed by atoms with Crippen LogP contribution in [0, 0.1) is 11.3 Å². The van der Waals surface area contributed by atoms with E-state index in [1.54, 1.807) is 0 Å². The molecule has 0 bridgehead atoms. The Labute approximate surface area is 96.5 Å². The number of anilines is 1. The Hall–Kier alpha value is -0.990. The van der Waals surface area contributed by atoms with E-state index in [9.17, 15) is 0 Å². The SMILES string of the molecule is N#Cc1c(N)[nH]c(Br)c1C1CCOCC1. The van der Waals surface area contributed by atoms with E-state index < -0.39 is 0 Å². The Morgan fingerprint density at radius 2 is 2.13 bits per heavy atom. The molecule has 15 heavy (non-hydrogen) atoms. The molecule has 80 valence electrons. The molecule has 0 amide bonds. The normalized spacial score (nSPS) is 17.6. The van der Waals surface area contributed by atoms with Gasteiger partial charge in [-0.2, -0.15) is 5.26 Å². The van der Waals surface area contributed by atoms with Gasteiger partial charge in [-0.25, -0.2) is 0 Å². The first kappa shape index (κ1) is 10.5. The first-order valence-electron chi connectivity index (χ1n) is 4.88. The summed E-state index contributed by atoms with van der Waals surface area (Å²) in [5, 5.41) is 9.04. The van der Waals surface area contributed by atoms with Crippen LogP contribution in [-0.2, 0) is 4.74 Å². The number of aromatic nitrogens is 1. The van der Waals surface area contributed by atoms with Crippen LogP contribution in [0.1, 0.15) is 29.9 Å². The fourth-order valence-corrected chi connectivity index (χ4v) is 2.73. The number of hydrogen-bond acceptors (Lipinski definition) is 3. The highest BCUT2D eigenvalue weighted by Crippen LogP contribution is 2.36. The third-order valence-corrected chi connectivity index (χ3v) is 3.39. The quantitative estimate of drug-likeness (QED) is 0.820. The minimum atomic E-state index is 0.372. The molecular weight excluding hydrogens is 258 g/mol. The predicted octanol–water partition coefficient (Wildman–Crippen LogP) is 2.13. The van der Waals surface area contributed by atoms with E-state index in [-0.39, 0.29) is 0 Å². The Balaban J connectivity index is 2.37. The van der Waals surface area contributed by atoms with Gasteiger partial charge < -0.3 is 15.5 Å². The standard InChI is InChI=1S/C10H12BrN3O/c11-9-8(6-1-3-15-4-2-6)7(5-12)10(13)14-9/h6,14H,1-4,13H2. The molecule has 1 fully saturated rings. The Morgan fingerprint density at radius 3 is 2.73 bits per heavy atom. The van der Waals surface area contributed by atoms with Gasteiger partial charge in [-0.15, -0.1) is 0 Å². The monoisotopic (exact) mass is 269 g/mol. The van der Waals surface area contributed by atoms with Crippen LogP contribution in [0.2, 0.25) is 0 Å². The molecule has 5 heteroatoms. The summed E-state index contributed by atoms with van der Waals surface area (Å²) < 4.78 is 6.14. The van der Waals surface area contributed by atoms with Gasteiger partial charge >= 0.3 is 0 Å². The topological polar surface area (TPSA) is 74.8 Å². The molecule has 0 unspecified atom stereocenters. The van der Waals surface area contributed by atoms with Crippen molar-refractivity contribution in [3.8, 4) is 6.07 Å². The summed E-state index contributed by atoms with van der Waals surface area (Å²) in [6, 6.07) is 2.15. The molecule has 1 saturated heterocycles. The smallest absolute Gasteiger partial charge is 0.120 e. The van der Waals surface area contributed by atoms with Gasteiger partial charge in [-0.05, 0) is 34.7 Å².